The lowest BCUT2D eigenvalue weighted by molar-refractivity contribution is 0.201. The largest absolute Gasteiger partial charge is 0.346 e. The van der Waals surface area contributed by atoms with Gasteiger partial charge in [-0.1, -0.05) is 20.8 Å². The second kappa shape index (κ2) is 5.77. The van der Waals surface area contributed by atoms with Crippen molar-refractivity contribution >= 4 is 16.5 Å². The maximum absolute atomic E-state index is 5.73. The van der Waals surface area contributed by atoms with E-state index in [0.717, 1.165) is 32.7 Å². The highest BCUT2D eigenvalue weighted by Crippen LogP contribution is 2.29. The molecule has 1 aromatic rings. The molecule has 108 valence electrons. The number of rotatable bonds is 3. The number of thiazole rings is 1. The van der Waals surface area contributed by atoms with Crippen LogP contribution >= 0.6 is 11.3 Å². The van der Waals surface area contributed by atoms with Crippen molar-refractivity contribution in [2.24, 2.45) is 5.73 Å². The molecular formula is C14H26N4S. The summed E-state index contributed by atoms with van der Waals surface area (Å²) >= 11 is 1.77. The Bertz CT molecular complexity index is 402. The molecule has 5 heteroatoms. The van der Waals surface area contributed by atoms with E-state index in [1.54, 1.807) is 11.3 Å². The number of hydrogen-bond donors (Lipinski definition) is 1. The summed E-state index contributed by atoms with van der Waals surface area (Å²) in [6, 6.07) is 0.489. The summed E-state index contributed by atoms with van der Waals surface area (Å²) in [5.74, 6) is 0. The van der Waals surface area contributed by atoms with Crippen molar-refractivity contribution in [3.05, 3.63) is 11.1 Å². The van der Waals surface area contributed by atoms with Crippen LogP contribution in [0.15, 0.2) is 5.38 Å². The lowest BCUT2D eigenvalue weighted by atomic mass is 9.93. The van der Waals surface area contributed by atoms with E-state index in [-0.39, 0.29) is 5.41 Å². The third kappa shape index (κ3) is 3.46. The van der Waals surface area contributed by atoms with Crippen LogP contribution in [-0.4, -0.2) is 48.6 Å². The molecule has 0 amide bonds. The Morgan fingerprint density at radius 3 is 2.42 bits per heavy atom. The van der Waals surface area contributed by atoms with E-state index in [1.165, 1.54) is 10.8 Å². The highest BCUT2D eigenvalue weighted by atomic mass is 32.1. The summed E-state index contributed by atoms with van der Waals surface area (Å²) in [7, 11) is 0. The minimum atomic E-state index is 0.143. The molecule has 1 unspecified atom stereocenters. The van der Waals surface area contributed by atoms with E-state index in [2.05, 4.69) is 42.9 Å². The highest BCUT2D eigenvalue weighted by Gasteiger charge is 2.24. The zero-order chi connectivity index (χ0) is 14.0. The van der Waals surface area contributed by atoms with Crippen LogP contribution in [0.2, 0.25) is 0 Å². The number of piperazine rings is 1. The Hall–Kier alpha value is -0.650. The first kappa shape index (κ1) is 14.8. The van der Waals surface area contributed by atoms with Crippen LogP contribution < -0.4 is 10.6 Å². The van der Waals surface area contributed by atoms with Gasteiger partial charge in [-0.05, 0) is 6.92 Å². The number of hydrogen-bond acceptors (Lipinski definition) is 5. The van der Waals surface area contributed by atoms with Gasteiger partial charge in [0.1, 0.15) is 0 Å². The van der Waals surface area contributed by atoms with Gasteiger partial charge in [0.2, 0.25) is 0 Å². The Kier molecular flexibility index (Phi) is 4.48. The van der Waals surface area contributed by atoms with Gasteiger partial charge in [-0.15, -0.1) is 11.3 Å². The molecule has 1 atom stereocenters. The van der Waals surface area contributed by atoms with Gasteiger partial charge in [-0.2, -0.15) is 0 Å². The van der Waals surface area contributed by atoms with E-state index in [4.69, 9.17) is 10.7 Å². The van der Waals surface area contributed by atoms with Crippen LogP contribution in [0.5, 0.6) is 0 Å². The van der Waals surface area contributed by atoms with Crippen molar-refractivity contribution in [3.8, 4) is 0 Å². The molecule has 1 aliphatic rings. The molecule has 0 spiro atoms. The molecule has 0 radical (unpaired) electrons. The zero-order valence-electron chi connectivity index (χ0n) is 12.5. The third-order valence-corrected chi connectivity index (χ3v) is 4.71. The van der Waals surface area contributed by atoms with Crippen molar-refractivity contribution in [3.63, 3.8) is 0 Å². The van der Waals surface area contributed by atoms with E-state index >= 15 is 0 Å². The summed E-state index contributed by atoms with van der Waals surface area (Å²) < 4.78 is 0. The average Bonchev–Trinajstić information content (AvgIpc) is 2.87. The molecular weight excluding hydrogens is 256 g/mol. The van der Waals surface area contributed by atoms with Crippen LogP contribution in [0.25, 0.3) is 0 Å². The van der Waals surface area contributed by atoms with Crippen LogP contribution in [0, 0.1) is 0 Å². The first-order valence-corrected chi connectivity index (χ1v) is 7.95. The number of anilines is 1. The highest BCUT2D eigenvalue weighted by molar-refractivity contribution is 7.13. The van der Waals surface area contributed by atoms with Gasteiger partial charge in [0.15, 0.2) is 5.13 Å². The topological polar surface area (TPSA) is 45.4 Å². The molecule has 2 heterocycles. The van der Waals surface area contributed by atoms with Gasteiger partial charge in [-0.25, -0.2) is 4.98 Å². The summed E-state index contributed by atoms with van der Waals surface area (Å²) in [6.45, 7) is 13.9. The molecule has 0 bridgehead atoms. The van der Waals surface area contributed by atoms with E-state index in [0.29, 0.717) is 6.04 Å². The summed E-state index contributed by atoms with van der Waals surface area (Å²) in [4.78, 5) is 9.67. The van der Waals surface area contributed by atoms with Crippen molar-refractivity contribution in [2.75, 3.05) is 37.6 Å². The van der Waals surface area contributed by atoms with Gasteiger partial charge in [0.05, 0.1) is 5.69 Å². The second-order valence-corrected chi connectivity index (χ2v) is 7.21. The lowest BCUT2D eigenvalue weighted by Crippen LogP contribution is -2.51. The molecule has 0 saturated carbocycles. The van der Waals surface area contributed by atoms with Crippen molar-refractivity contribution in [2.45, 2.75) is 39.2 Å². The quantitative estimate of drug-likeness (QED) is 0.920. The standard InChI is InChI=1S/C14H26N4S/c1-11(9-15)17-5-7-18(8-6-17)13-16-12(10-19-13)14(2,3)4/h10-11H,5-9,15H2,1-4H3. The molecule has 1 aliphatic heterocycles. The summed E-state index contributed by atoms with van der Waals surface area (Å²) in [5.41, 5.74) is 7.08. The van der Waals surface area contributed by atoms with E-state index in [9.17, 15) is 0 Å². The first-order chi connectivity index (χ1) is 8.91. The number of aromatic nitrogens is 1. The molecule has 2 N–H and O–H groups in total. The van der Waals surface area contributed by atoms with Gasteiger partial charge in [0.25, 0.3) is 0 Å². The third-order valence-electron chi connectivity index (χ3n) is 3.81. The average molecular weight is 282 g/mol. The smallest absolute Gasteiger partial charge is 0.185 e. The summed E-state index contributed by atoms with van der Waals surface area (Å²) in [5, 5.41) is 3.37. The second-order valence-electron chi connectivity index (χ2n) is 6.37. The van der Waals surface area contributed by atoms with E-state index < -0.39 is 0 Å². The van der Waals surface area contributed by atoms with Crippen molar-refractivity contribution < 1.29 is 0 Å². The van der Waals surface area contributed by atoms with Crippen molar-refractivity contribution in [1.29, 1.82) is 0 Å². The van der Waals surface area contributed by atoms with Crippen molar-refractivity contribution in [1.82, 2.24) is 9.88 Å². The monoisotopic (exact) mass is 282 g/mol. The maximum Gasteiger partial charge on any atom is 0.185 e. The maximum atomic E-state index is 5.73. The van der Waals surface area contributed by atoms with E-state index in [1.807, 2.05) is 0 Å². The predicted octanol–water partition coefficient (Wildman–Crippen LogP) is 1.91. The van der Waals surface area contributed by atoms with Crippen LogP contribution in [0.1, 0.15) is 33.4 Å². The molecule has 0 aliphatic carbocycles. The molecule has 1 fully saturated rings. The molecule has 0 aromatic carbocycles. The van der Waals surface area contributed by atoms with Crippen LogP contribution in [0.3, 0.4) is 0 Å². The molecule has 4 nitrogen and oxygen atoms in total. The molecule has 1 saturated heterocycles. The minimum absolute atomic E-state index is 0.143. The predicted molar refractivity (Wildman–Crippen MR) is 83.1 cm³/mol. The normalized spacial score (nSPS) is 19.7. The van der Waals surface area contributed by atoms with Gasteiger partial charge >= 0.3 is 0 Å². The van der Waals surface area contributed by atoms with Gasteiger partial charge < -0.3 is 10.6 Å². The Balaban J connectivity index is 1.96. The minimum Gasteiger partial charge on any atom is -0.346 e. The number of nitrogens with zero attached hydrogens (tertiary/aromatic N) is 3. The summed E-state index contributed by atoms with van der Waals surface area (Å²) in [6.07, 6.45) is 0. The number of nitrogens with two attached hydrogens (primary N) is 1. The van der Waals surface area contributed by atoms with Gasteiger partial charge in [0, 0.05) is 49.6 Å². The Morgan fingerprint density at radius 1 is 1.32 bits per heavy atom. The lowest BCUT2D eigenvalue weighted by Gasteiger charge is -2.37. The fourth-order valence-electron chi connectivity index (χ4n) is 2.26. The molecule has 1 aromatic heterocycles. The fourth-order valence-corrected chi connectivity index (χ4v) is 3.36. The molecule has 19 heavy (non-hydrogen) atoms. The zero-order valence-corrected chi connectivity index (χ0v) is 13.3. The fraction of sp³-hybridized carbons (Fsp3) is 0.786. The Morgan fingerprint density at radius 2 is 1.95 bits per heavy atom. The molecule has 2 rings (SSSR count). The van der Waals surface area contributed by atoms with Crippen LogP contribution in [0.4, 0.5) is 5.13 Å². The SMILES string of the molecule is CC(CN)N1CCN(c2nc(C(C)(C)C)cs2)CC1. The van der Waals surface area contributed by atoms with Gasteiger partial charge in [-0.3, -0.25) is 4.90 Å². The first-order valence-electron chi connectivity index (χ1n) is 7.07. The van der Waals surface area contributed by atoms with Crippen LogP contribution in [-0.2, 0) is 5.41 Å². The Labute approximate surface area is 120 Å².